The van der Waals surface area contributed by atoms with Gasteiger partial charge in [-0.1, -0.05) is 22.0 Å². The molecule has 0 aromatic carbocycles. The molecular formula is C13H14BrNO2S. The second kappa shape index (κ2) is 6.20. The lowest BCUT2D eigenvalue weighted by molar-refractivity contribution is -0.131. The van der Waals surface area contributed by atoms with Gasteiger partial charge in [-0.05, 0) is 30.5 Å². The molecule has 0 aliphatic carbocycles. The Kier molecular flexibility index (Phi) is 4.60. The Hall–Kier alpha value is -1.07. The molecule has 2 rings (SSSR count). The zero-order valence-corrected chi connectivity index (χ0v) is 12.4. The molecule has 0 radical (unpaired) electrons. The van der Waals surface area contributed by atoms with Gasteiger partial charge in [-0.25, -0.2) is 0 Å². The third-order valence-corrected chi connectivity index (χ3v) is 3.76. The highest BCUT2D eigenvalue weighted by Gasteiger charge is 2.20. The monoisotopic (exact) mass is 327 g/mol. The maximum absolute atomic E-state index is 12.1. The van der Waals surface area contributed by atoms with Crippen molar-refractivity contribution in [3.63, 3.8) is 0 Å². The summed E-state index contributed by atoms with van der Waals surface area (Å²) in [7, 11) is 0. The van der Waals surface area contributed by atoms with Gasteiger partial charge in [0.25, 0.3) is 0 Å². The van der Waals surface area contributed by atoms with Crippen LogP contribution in [0, 0.1) is 0 Å². The van der Waals surface area contributed by atoms with Gasteiger partial charge in [-0.2, -0.15) is 0 Å². The summed E-state index contributed by atoms with van der Waals surface area (Å²) >= 11 is 4.98. The van der Waals surface area contributed by atoms with E-state index in [-0.39, 0.29) is 10.7 Å². The molecule has 1 unspecified atom stereocenters. The summed E-state index contributed by atoms with van der Waals surface area (Å²) in [5.41, 5.74) is 0. The molecule has 0 fully saturated rings. The number of furan rings is 1. The van der Waals surface area contributed by atoms with E-state index in [1.807, 2.05) is 36.6 Å². The summed E-state index contributed by atoms with van der Waals surface area (Å²) in [6, 6.07) is 7.74. The number of rotatable bonds is 5. The number of amides is 1. The lowest BCUT2D eigenvalue weighted by Crippen LogP contribution is -2.34. The highest BCUT2D eigenvalue weighted by Crippen LogP contribution is 2.17. The molecular weight excluding hydrogens is 314 g/mol. The molecule has 0 N–H and O–H groups in total. The standard InChI is InChI=1S/C13H14BrNO2S/c1-10(14)13(16)15(8-11-4-2-6-17-11)9-12-5-3-7-18-12/h2-7,10H,8-9H2,1H3. The summed E-state index contributed by atoms with van der Waals surface area (Å²) in [6.07, 6.45) is 1.63. The van der Waals surface area contributed by atoms with Crippen molar-refractivity contribution in [1.82, 2.24) is 4.90 Å². The first-order valence-electron chi connectivity index (χ1n) is 5.64. The molecule has 2 aromatic heterocycles. The van der Waals surface area contributed by atoms with Crippen molar-refractivity contribution in [2.45, 2.75) is 24.8 Å². The molecule has 3 nitrogen and oxygen atoms in total. The number of halogens is 1. The average Bonchev–Trinajstić information content (AvgIpc) is 2.99. The van der Waals surface area contributed by atoms with Crippen LogP contribution in [-0.2, 0) is 17.9 Å². The van der Waals surface area contributed by atoms with Gasteiger partial charge >= 0.3 is 0 Å². The molecule has 1 amide bonds. The zero-order chi connectivity index (χ0) is 13.0. The van der Waals surface area contributed by atoms with E-state index < -0.39 is 0 Å². The van der Waals surface area contributed by atoms with E-state index >= 15 is 0 Å². The number of nitrogens with zero attached hydrogens (tertiary/aromatic N) is 1. The van der Waals surface area contributed by atoms with Crippen LogP contribution in [0.25, 0.3) is 0 Å². The van der Waals surface area contributed by atoms with Gasteiger partial charge in [0.15, 0.2) is 0 Å². The maximum Gasteiger partial charge on any atom is 0.236 e. The second-order valence-corrected chi connectivity index (χ2v) is 6.37. The van der Waals surface area contributed by atoms with Crippen LogP contribution in [-0.4, -0.2) is 15.6 Å². The lowest BCUT2D eigenvalue weighted by atomic mass is 10.3. The van der Waals surface area contributed by atoms with Gasteiger partial charge in [0.2, 0.25) is 5.91 Å². The van der Waals surface area contributed by atoms with Crippen molar-refractivity contribution in [2.75, 3.05) is 0 Å². The Morgan fingerprint density at radius 3 is 2.83 bits per heavy atom. The number of hydrogen-bond acceptors (Lipinski definition) is 3. The van der Waals surface area contributed by atoms with Crippen LogP contribution in [0.2, 0.25) is 0 Å². The SMILES string of the molecule is CC(Br)C(=O)N(Cc1ccco1)Cc1cccs1. The van der Waals surface area contributed by atoms with Gasteiger partial charge in [0.1, 0.15) is 5.76 Å². The van der Waals surface area contributed by atoms with E-state index in [0.717, 1.165) is 5.76 Å². The highest BCUT2D eigenvalue weighted by atomic mass is 79.9. The second-order valence-electron chi connectivity index (χ2n) is 3.97. The molecule has 5 heteroatoms. The van der Waals surface area contributed by atoms with Crippen LogP contribution < -0.4 is 0 Å². The average molecular weight is 328 g/mol. The first-order valence-corrected chi connectivity index (χ1v) is 7.44. The van der Waals surface area contributed by atoms with Crippen LogP contribution in [0.15, 0.2) is 40.3 Å². The number of carbonyl (C=O) groups is 1. The molecule has 0 bridgehead atoms. The topological polar surface area (TPSA) is 33.5 Å². The van der Waals surface area contributed by atoms with Crippen molar-refractivity contribution < 1.29 is 9.21 Å². The van der Waals surface area contributed by atoms with E-state index in [2.05, 4.69) is 15.9 Å². The summed E-state index contributed by atoms with van der Waals surface area (Å²) in [5, 5.41) is 2.02. The van der Waals surface area contributed by atoms with Crippen LogP contribution in [0.5, 0.6) is 0 Å². The number of hydrogen-bond donors (Lipinski definition) is 0. The Morgan fingerprint density at radius 1 is 1.44 bits per heavy atom. The highest BCUT2D eigenvalue weighted by molar-refractivity contribution is 9.10. The van der Waals surface area contributed by atoms with Gasteiger partial charge in [-0.15, -0.1) is 11.3 Å². The predicted octanol–water partition coefficient (Wildman–Crippen LogP) is 3.65. The lowest BCUT2D eigenvalue weighted by Gasteiger charge is -2.22. The third-order valence-electron chi connectivity index (χ3n) is 2.51. The molecule has 2 heterocycles. The molecule has 96 valence electrons. The zero-order valence-electron chi connectivity index (χ0n) is 10.0. The molecule has 0 spiro atoms. The van der Waals surface area contributed by atoms with E-state index in [1.165, 1.54) is 4.88 Å². The molecule has 2 aromatic rings. The number of carbonyl (C=O) groups excluding carboxylic acids is 1. The quantitative estimate of drug-likeness (QED) is 0.785. The summed E-state index contributed by atoms with van der Waals surface area (Å²) < 4.78 is 5.31. The smallest absolute Gasteiger partial charge is 0.236 e. The van der Waals surface area contributed by atoms with Gasteiger partial charge in [0, 0.05) is 4.88 Å². The normalized spacial score (nSPS) is 12.3. The van der Waals surface area contributed by atoms with Crippen molar-refractivity contribution in [1.29, 1.82) is 0 Å². The molecule has 0 aliphatic heterocycles. The van der Waals surface area contributed by atoms with Crippen molar-refractivity contribution in [3.05, 3.63) is 46.5 Å². The first kappa shape index (κ1) is 13.4. The van der Waals surface area contributed by atoms with Crippen LogP contribution in [0.4, 0.5) is 0 Å². The van der Waals surface area contributed by atoms with Gasteiger partial charge in [-0.3, -0.25) is 4.79 Å². The molecule has 18 heavy (non-hydrogen) atoms. The summed E-state index contributed by atoms with van der Waals surface area (Å²) in [5.74, 6) is 0.868. The minimum atomic E-state index is -0.188. The molecule has 0 saturated carbocycles. The van der Waals surface area contributed by atoms with Gasteiger partial charge in [0.05, 0.1) is 24.2 Å². The molecule has 0 aliphatic rings. The third kappa shape index (κ3) is 3.46. The van der Waals surface area contributed by atoms with Crippen molar-refractivity contribution in [3.8, 4) is 0 Å². The molecule has 1 atom stereocenters. The van der Waals surface area contributed by atoms with Crippen molar-refractivity contribution >= 4 is 33.2 Å². The summed E-state index contributed by atoms with van der Waals surface area (Å²) in [6.45, 7) is 2.96. The van der Waals surface area contributed by atoms with Crippen molar-refractivity contribution in [2.24, 2.45) is 0 Å². The fourth-order valence-corrected chi connectivity index (χ4v) is 2.65. The Morgan fingerprint density at radius 2 is 2.28 bits per heavy atom. The van der Waals surface area contributed by atoms with E-state index in [1.54, 1.807) is 22.5 Å². The Labute approximate surface area is 119 Å². The fourth-order valence-electron chi connectivity index (χ4n) is 1.64. The van der Waals surface area contributed by atoms with E-state index in [0.29, 0.717) is 13.1 Å². The number of thiophene rings is 1. The Bertz CT molecular complexity index is 443. The van der Waals surface area contributed by atoms with Gasteiger partial charge < -0.3 is 9.32 Å². The first-order chi connectivity index (χ1) is 8.66. The summed E-state index contributed by atoms with van der Waals surface area (Å²) in [4.78, 5) is 14.9. The molecule has 0 saturated heterocycles. The minimum absolute atomic E-state index is 0.0693. The fraction of sp³-hybridized carbons (Fsp3) is 0.308. The number of alkyl halides is 1. The van der Waals surface area contributed by atoms with E-state index in [4.69, 9.17) is 4.42 Å². The predicted molar refractivity (Wildman–Crippen MR) is 75.7 cm³/mol. The Balaban J connectivity index is 2.09. The largest absolute Gasteiger partial charge is 0.467 e. The maximum atomic E-state index is 12.1. The van der Waals surface area contributed by atoms with Crippen LogP contribution in [0.1, 0.15) is 17.6 Å². The van der Waals surface area contributed by atoms with E-state index in [9.17, 15) is 4.79 Å². The minimum Gasteiger partial charge on any atom is -0.467 e. The van der Waals surface area contributed by atoms with Crippen LogP contribution in [0.3, 0.4) is 0 Å². The van der Waals surface area contributed by atoms with Crippen LogP contribution >= 0.6 is 27.3 Å².